The van der Waals surface area contributed by atoms with Crippen LogP contribution in [0.15, 0.2) is 84.4 Å². The molecule has 1 saturated heterocycles. The van der Waals surface area contributed by atoms with Gasteiger partial charge in [0.05, 0.1) is 25.3 Å². The summed E-state index contributed by atoms with van der Waals surface area (Å²) in [5.74, 6) is -0.333. The van der Waals surface area contributed by atoms with Gasteiger partial charge in [-0.3, -0.25) is 9.59 Å². The first-order chi connectivity index (χ1) is 17.0. The molecular weight excluding hydrogens is 442 g/mol. The number of rotatable bonds is 9. The van der Waals surface area contributed by atoms with Gasteiger partial charge in [-0.25, -0.2) is 0 Å². The van der Waals surface area contributed by atoms with Crippen molar-refractivity contribution in [3.05, 3.63) is 101 Å². The Morgan fingerprint density at radius 3 is 2.37 bits per heavy atom. The van der Waals surface area contributed by atoms with Gasteiger partial charge in [-0.2, -0.15) is 0 Å². The minimum absolute atomic E-state index is 0.0545. The number of ketones is 1. The Morgan fingerprint density at radius 1 is 0.943 bits per heavy atom. The van der Waals surface area contributed by atoms with Crippen LogP contribution < -0.4 is 9.47 Å². The van der Waals surface area contributed by atoms with Crippen molar-refractivity contribution < 1.29 is 24.2 Å². The second kappa shape index (κ2) is 10.9. The van der Waals surface area contributed by atoms with E-state index >= 15 is 0 Å². The topological polar surface area (TPSA) is 76.1 Å². The molecule has 1 fully saturated rings. The van der Waals surface area contributed by atoms with Crippen molar-refractivity contribution in [2.24, 2.45) is 0 Å². The van der Waals surface area contributed by atoms with E-state index in [4.69, 9.17) is 9.47 Å². The third-order valence-corrected chi connectivity index (χ3v) is 6.04. The molecule has 0 radical (unpaired) electrons. The van der Waals surface area contributed by atoms with Crippen molar-refractivity contribution >= 4 is 17.4 Å². The molecule has 0 saturated carbocycles. The van der Waals surface area contributed by atoms with Gasteiger partial charge in [0.15, 0.2) is 0 Å². The summed E-state index contributed by atoms with van der Waals surface area (Å²) < 4.78 is 11.0. The minimum Gasteiger partial charge on any atom is -0.507 e. The number of Topliss-reactive ketones (excluding diaryl/α,β-unsaturated/α-hetero) is 1. The summed E-state index contributed by atoms with van der Waals surface area (Å²) in [6.45, 7) is 2.96. The van der Waals surface area contributed by atoms with Gasteiger partial charge in [0, 0.05) is 12.1 Å². The van der Waals surface area contributed by atoms with Crippen LogP contribution in [0.25, 0.3) is 5.76 Å². The second-order valence-electron chi connectivity index (χ2n) is 8.42. The number of nitrogens with zero attached hydrogens (tertiary/aromatic N) is 1. The predicted molar refractivity (Wildman–Crippen MR) is 134 cm³/mol. The normalized spacial score (nSPS) is 17.0. The number of benzene rings is 3. The van der Waals surface area contributed by atoms with Crippen LogP contribution in [-0.2, 0) is 16.1 Å². The summed E-state index contributed by atoms with van der Waals surface area (Å²) in [5.41, 5.74) is 2.07. The first-order valence-electron chi connectivity index (χ1n) is 11.7. The summed E-state index contributed by atoms with van der Waals surface area (Å²) in [5, 5.41) is 11.2. The number of aliphatic hydroxyl groups excluding tert-OH is 1. The lowest BCUT2D eigenvalue weighted by atomic mass is 9.95. The van der Waals surface area contributed by atoms with Crippen LogP contribution in [-0.4, -0.2) is 35.4 Å². The molecule has 3 aromatic carbocycles. The van der Waals surface area contributed by atoms with E-state index in [0.29, 0.717) is 23.5 Å². The number of amides is 1. The van der Waals surface area contributed by atoms with Crippen LogP contribution in [0.5, 0.6) is 11.5 Å². The lowest BCUT2D eigenvalue weighted by molar-refractivity contribution is -0.140. The van der Waals surface area contributed by atoms with E-state index < -0.39 is 17.7 Å². The number of hydrogen-bond acceptors (Lipinski definition) is 5. The Labute approximate surface area is 205 Å². The van der Waals surface area contributed by atoms with Gasteiger partial charge in [0.2, 0.25) is 0 Å². The highest BCUT2D eigenvalue weighted by molar-refractivity contribution is 6.46. The highest BCUT2D eigenvalue weighted by atomic mass is 16.5. The van der Waals surface area contributed by atoms with Gasteiger partial charge in [-0.05, 0) is 41.8 Å². The smallest absolute Gasteiger partial charge is 0.295 e. The molecule has 1 aliphatic rings. The molecule has 35 heavy (non-hydrogen) atoms. The Kier molecular flexibility index (Phi) is 7.51. The molecular formula is C29H29NO5. The molecule has 6 nitrogen and oxygen atoms in total. The molecule has 3 aromatic rings. The highest BCUT2D eigenvalue weighted by Crippen LogP contribution is 2.41. The van der Waals surface area contributed by atoms with Crippen LogP contribution in [0.3, 0.4) is 0 Å². The second-order valence-corrected chi connectivity index (χ2v) is 8.42. The van der Waals surface area contributed by atoms with E-state index in [1.54, 1.807) is 24.3 Å². The van der Waals surface area contributed by atoms with Crippen LogP contribution >= 0.6 is 0 Å². The fourth-order valence-corrected chi connectivity index (χ4v) is 4.18. The van der Waals surface area contributed by atoms with Crippen molar-refractivity contribution in [3.63, 3.8) is 0 Å². The molecule has 1 heterocycles. The van der Waals surface area contributed by atoms with Gasteiger partial charge < -0.3 is 19.5 Å². The number of carbonyl (C=O) groups excluding carboxylic acids is 2. The summed E-state index contributed by atoms with van der Waals surface area (Å²) in [6.07, 6.45) is 2.00. The molecule has 0 spiro atoms. The Bertz CT molecular complexity index is 1220. The third-order valence-electron chi connectivity index (χ3n) is 6.04. The van der Waals surface area contributed by atoms with Gasteiger partial charge in [-0.15, -0.1) is 0 Å². The third kappa shape index (κ3) is 5.22. The monoisotopic (exact) mass is 471 g/mol. The molecule has 180 valence electrons. The van der Waals surface area contributed by atoms with E-state index in [-0.39, 0.29) is 17.9 Å². The zero-order chi connectivity index (χ0) is 24.8. The molecule has 0 aliphatic carbocycles. The molecule has 1 N–H and O–H groups in total. The molecule has 6 heteroatoms. The molecule has 0 aromatic heterocycles. The van der Waals surface area contributed by atoms with E-state index in [1.807, 2.05) is 54.6 Å². The zero-order valence-electron chi connectivity index (χ0n) is 19.9. The quantitative estimate of drug-likeness (QED) is 0.193. The van der Waals surface area contributed by atoms with Gasteiger partial charge in [0.1, 0.15) is 17.3 Å². The summed E-state index contributed by atoms with van der Waals surface area (Å²) in [7, 11) is 1.53. The molecule has 4 rings (SSSR count). The summed E-state index contributed by atoms with van der Waals surface area (Å²) >= 11 is 0. The minimum atomic E-state index is -0.744. The Morgan fingerprint density at radius 2 is 1.69 bits per heavy atom. The number of hydrogen-bond donors (Lipinski definition) is 1. The van der Waals surface area contributed by atoms with Gasteiger partial charge in [0.25, 0.3) is 11.7 Å². The number of methoxy groups -OCH3 is 1. The first-order valence-corrected chi connectivity index (χ1v) is 11.7. The van der Waals surface area contributed by atoms with Crippen molar-refractivity contribution in [2.45, 2.75) is 32.4 Å². The van der Waals surface area contributed by atoms with Crippen molar-refractivity contribution in [3.8, 4) is 11.5 Å². The Hall–Kier alpha value is -4.06. The lowest BCUT2D eigenvalue weighted by Crippen LogP contribution is -2.29. The van der Waals surface area contributed by atoms with E-state index in [1.165, 1.54) is 12.0 Å². The molecule has 1 atom stereocenters. The van der Waals surface area contributed by atoms with E-state index in [0.717, 1.165) is 24.2 Å². The van der Waals surface area contributed by atoms with Crippen molar-refractivity contribution in [1.82, 2.24) is 4.90 Å². The highest BCUT2D eigenvalue weighted by Gasteiger charge is 2.46. The largest absolute Gasteiger partial charge is 0.507 e. The predicted octanol–water partition coefficient (Wildman–Crippen LogP) is 5.50. The average molecular weight is 472 g/mol. The number of aliphatic hydroxyl groups is 1. The maximum absolute atomic E-state index is 13.2. The first kappa shape index (κ1) is 24.1. The van der Waals surface area contributed by atoms with Gasteiger partial charge in [-0.1, -0.05) is 67.9 Å². The van der Waals surface area contributed by atoms with E-state index in [9.17, 15) is 14.7 Å². The number of ether oxygens (including phenoxy) is 2. The standard InChI is InChI=1S/C29H29NO5/c1-3-4-17-35-23-15-13-21(14-16-23)26-25(27(31)22-11-8-12-24(18-22)34-2)28(32)29(33)30(26)19-20-9-6-5-7-10-20/h5-16,18,26,31H,3-4,17,19H2,1-2H3/b27-25+. The van der Waals surface area contributed by atoms with Crippen LogP contribution in [0.4, 0.5) is 0 Å². The molecule has 1 unspecified atom stereocenters. The maximum Gasteiger partial charge on any atom is 0.295 e. The number of unbranched alkanes of at least 4 members (excludes halogenated alkanes) is 1. The average Bonchev–Trinajstić information content (AvgIpc) is 3.14. The van der Waals surface area contributed by atoms with Crippen LogP contribution in [0, 0.1) is 0 Å². The van der Waals surface area contributed by atoms with E-state index in [2.05, 4.69) is 6.92 Å². The Balaban J connectivity index is 1.77. The van der Waals surface area contributed by atoms with Gasteiger partial charge >= 0.3 is 0 Å². The summed E-state index contributed by atoms with van der Waals surface area (Å²) in [6, 6.07) is 22.9. The molecule has 1 amide bonds. The molecule has 1 aliphatic heterocycles. The summed E-state index contributed by atoms with van der Waals surface area (Å²) in [4.78, 5) is 27.9. The maximum atomic E-state index is 13.2. The fourth-order valence-electron chi connectivity index (χ4n) is 4.18. The van der Waals surface area contributed by atoms with Crippen LogP contribution in [0.2, 0.25) is 0 Å². The van der Waals surface area contributed by atoms with Crippen molar-refractivity contribution in [2.75, 3.05) is 13.7 Å². The SMILES string of the molecule is CCCCOc1ccc(C2/C(=C(\O)c3cccc(OC)c3)C(=O)C(=O)N2Cc2ccccc2)cc1. The number of likely N-dealkylation sites (tertiary alicyclic amines) is 1. The van der Waals surface area contributed by atoms with Crippen LogP contribution in [0.1, 0.15) is 42.5 Å². The fraction of sp³-hybridized carbons (Fsp3) is 0.241. The molecule has 0 bridgehead atoms. The lowest BCUT2D eigenvalue weighted by Gasteiger charge is -2.25. The zero-order valence-corrected chi connectivity index (χ0v) is 19.9. The van der Waals surface area contributed by atoms with Crippen molar-refractivity contribution in [1.29, 1.82) is 0 Å². The number of carbonyl (C=O) groups is 2.